The van der Waals surface area contributed by atoms with Crippen molar-refractivity contribution in [3.05, 3.63) is 0 Å². The molecule has 16 heavy (non-hydrogen) atoms. The third-order valence-electron chi connectivity index (χ3n) is 3.90. The van der Waals surface area contributed by atoms with Crippen LogP contribution in [0.2, 0.25) is 5.09 Å². The van der Waals surface area contributed by atoms with Crippen molar-refractivity contribution in [2.75, 3.05) is 20.1 Å². The number of unbranched alkanes of at least 4 members (excludes halogenated alkanes) is 2. The zero-order chi connectivity index (χ0) is 12.6. The van der Waals surface area contributed by atoms with Crippen molar-refractivity contribution < 1.29 is 0 Å². The minimum absolute atomic E-state index is 0.318. The second-order valence-corrected chi connectivity index (χ2v) is 5.46. The van der Waals surface area contributed by atoms with Gasteiger partial charge in [-0.2, -0.15) is 0 Å². The van der Waals surface area contributed by atoms with Gasteiger partial charge in [0.2, 0.25) is 0 Å². The van der Waals surface area contributed by atoms with Crippen molar-refractivity contribution in [3.63, 3.8) is 0 Å². The van der Waals surface area contributed by atoms with Gasteiger partial charge >= 0.3 is 49.0 Å². The predicted molar refractivity (Wildman–Crippen MR) is 74.3 cm³/mol. The van der Waals surface area contributed by atoms with Gasteiger partial charge in [-0.1, -0.05) is 0 Å². The van der Waals surface area contributed by atoms with E-state index in [1.807, 2.05) is 0 Å². The third kappa shape index (κ3) is 5.73. The zero-order valence-corrected chi connectivity index (χ0v) is 12.3. The van der Waals surface area contributed by atoms with Gasteiger partial charge in [-0.25, -0.2) is 0 Å². The van der Waals surface area contributed by atoms with E-state index >= 15 is 0 Å². The van der Waals surface area contributed by atoms with Crippen LogP contribution in [0.4, 0.5) is 0 Å². The Hall–Kier alpha value is 0.517. The summed E-state index contributed by atoms with van der Waals surface area (Å²) >= 11 is 2.23. The standard InChI is InChI=1S/C8H18N2.C5H11.Li/c1-7-8(2,3)10(4)6-5-9-7;1-3-5-4-2;/h7,9H,5-6H2,1-4H3;1,3-5H2,2H3;. The summed E-state index contributed by atoms with van der Waals surface area (Å²) in [5.74, 6) is 0. The monoisotopic (exact) mass is 220 g/mol. The number of likely N-dealkylation sites (N-methyl/N-ethyl adjacent to an activating group) is 1. The molecule has 0 aromatic rings. The zero-order valence-electron chi connectivity index (χ0n) is 12.3. The first-order valence-corrected chi connectivity index (χ1v) is 6.91. The molecule has 0 aromatic carbocycles. The van der Waals surface area contributed by atoms with E-state index < -0.39 is 0 Å². The summed E-state index contributed by atoms with van der Waals surface area (Å²) in [4.78, 5) is 2.41. The van der Waals surface area contributed by atoms with E-state index in [2.05, 4.69) is 62.7 Å². The fraction of sp³-hybridized carbons (Fsp3) is 1.00. The van der Waals surface area contributed by atoms with Crippen molar-refractivity contribution in [1.82, 2.24) is 10.2 Å². The number of rotatable bonds is 3. The Morgan fingerprint density at radius 1 is 1.38 bits per heavy atom. The summed E-state index contributed by atoms with van der Waals surface area (Å²) in [6.45, 7) is 11.3. The van der Waals surface area contributed by atoms with E-state index in [1.54, 1.807) is 0 Å². The average Bonchev–Trinajstić information content (AvgIpc) is 2.24. The van der Waals surface area contributed by atoms with Gasteiger partial charge < -0.3 is 5.32 Å². The first kappa shape index (κ1) is 16.5. The molecule has 92 valence electrons. The number of nitrogens with zero attached hydrogens (tertiary/aromatic N) is 1. The Balaban J connectivity index is 0.000000325. The summed E-state index contributed by atoms with van der Waals surface area (Å²) < 4.78 is 0. The number of piperazine rings is 1. The van der Waals surface area contributed by atoms with Gasteiger partial charge in [0.05, 0.1) is 0 Å². The van der Waals surface area contributed by atoms with Gasteiger partial charge in [-0.3, -0.25) is 4.90 Å². The van der Waals surface area contributed by atoms with Crippen molar-refractivity contribution >= 4 is 17.7 Å². The average molecular weight is 220 g/mol. The van der Waals surface area contributed by atoms with Crippen LogP contribution in [0.1, 0.15) is 47.0 Å². The molecule has 0 saturated carbocycles. The first-order chi connectivity index (χ1) is 7.46. The van der Waals surface area contributed by atoms with Crippen LogP contribution in [0, 0.1) is 0 Å². The second kappa shape index (κ2) is 8.59. The van der Waals surface area contributed by atoms with Crippen LogP contribution in [-0.2, 0) is 0 Å². The molecule has 2 nitrogen and oxygen atoms in total. The van der Waals surface area contributed by atoms with Crippen LogP contribution in [0.5, 0.6) is 0 Å². The second-order valence-electron chi connectivity index (χ2n) is 5.46. The SMILES string of the molecule is CC1NCCN(C)C1(C)C.[Li][CH2]CCCC. The van der Waals surface area contributed by atoms with Crippen molar-refractivity contribution in [1.29, 1.82) is 0 Å². The van der Waals surface area contributed by atoms with Gasteiger partial charge in [0, 0.05) is 24.7 Å². The molecule has 0 radical (unpaired) electrons. The number of nitrogens with one attached hydrogen (secondary N) is 1. The number of hydrogen-bond donors (Lipinski definition) is 1. The summed E-state index contributed by atoms with van der Waals surface area (Å²) in [7, 11) is 2.19. The van der Waals surface area contributed by atoms with Gasteiger partial charge in [-0.05, 0) is 27.8 Å². The Morgan fingerprint density at radius 2 is 2.00 bits per heavy atom. The Morgan fingerprint density at radius 3 is 2.31 bits per heavy atom. The maximum atomic E-state index is 3.46. The normalized spacial score (nSPS) is 24.8. The molecule has 1 aliphatic heterocycles. The summed E-state index contributed by atoms with van der Waals surface area (Å²) in [5.41, 5.74) is 0.318. The fourth-order valence-corrected chi connectivity index (χ4v) is 1.82. The molecule has 1 rings (SSSR count). The van der Waals surface area contributed by atoms with Crippen LogP contribution < -0.4 is 5.32 Å². The summed E-state index contributed by atoms with van der Waals surface area (Å²) in [5, 5.41) is 4.82. The third-order valence-corrected chi connectivity index (χ3v) is 3.90. The van der Waals surface area contributed by atoms with Crippen LogP contribution in [-0.4, -0.2) is 54.3 Å². The molecular weight excluding hydrogens is 191 g/mol. The molecule has 0 amide bonds. The van der Waals surface area contributed by atoms with Gasteiger partial charge in [0.1, 0.15) is 0 Å². The molecule has 1 fully saturated rings. The van der Waals surface area contributed by atoms with E-state index in [0.29, 0.717) is 11.6 Å². The molecule has 1 N–H and O–H groups in total. The van der Waals surface area contributed by atoms with Crippen LogP contribution >= 0.6 is 0 Å². The molecule has 1 heterocycles. The van der Waals surface area contributed by atoms with Gasteiger partial charge in [0.25, 0.3) is 0 Å². The molecule has 3 heteroatoms. The minimum atomic E-state index is 0.318. The molecule has 0 aromatic heterocycles. The Bertz CT molecular complexity index is 155. The van der Waals surface area contributed by atoms with Crippen molar-refractivity contribution in [2.24, 2.45) is 0 Å². The van der Waals surface area contributed by atoms with E-state index in [9.17, 15) is 0 Å². The number of hydrogen-bond acceptors (Lipinski definition) is 2. The van der Waals surface area contributed by atoms with E-state index in [1.165, 1.54) is 24.4 Å². The summed E-state index contributed by atoms with van der Waals surface area (Å²) in [6.07, 6.45) is 4.18. The quantitative estimate of drug-likeness (QED) is 0.580. The topological polar surface area (TPSA) is 15.3 Å². The molecule has 1 atom stereocenters. The van der Waals surface area contributed by atoms with Crippen LogP contribution in [0.3, 0.4) is 0 Å². The molecule has 1 saturated heterocycles. The van der Waals surface area contributed by atoms with Crippen LogP contribution in [0.15, 0.2) is 0 Å². The Kier molecular flexibility index (Phi) is 8.86. The van der Waals surface area contributed by atoms with E-state index in [-0.39, 0.29) is 0 Å². The Labute approximate surface area is 112 Å². The van der Waals surface area contributed by atoms with Gasteiger partial charge in [-0.15, -0.1) is 0 Å². The molecule has 0 aliphatic carbocycles. The maximum absolute atomic E-state index is 3.46. The fourth-order valence-electron chi connectivity index (χ4n) is 1.82. The molecule has 0 spiro atoms. The van der Waals surface area contributed by atoms with E-state index in [4.69, 9.17) is 0 Å². The molecule has 0 bridgehead atoms. The predicted octanol–water partition coefficient (Wildman–Crippen LogP) is 2.45. The van der Waals surface area contributed by atoms with E-state index in [0.717, 1.165) is 13.1 Å². The van der Waals surface area contributed by atoms with Crippen LogP contribution in [0.25, 0.3) is 0 Å². The first-order valence-electron chi connectivity index (χ1n) is 6.91. The molecule has 1 unspecified atom stereocenters. The summed E-state index contributed by atoms with van der Waals surface area (Å²) in [6, 6.07) is 0.603. The molecule has 1 aliphatic rings. The molecular formula is C13H29LiN2. The van der Waals surface area contributed by atoms with Crippen molar-refractivity contribution in [2.45, 2.75) is 63.6 Å². The van der Waals surface area contributed by atoms with Crippen molar-refractivity contribution in [3.8, 4) is 0 Å². The van der Waals surface area contributed by atoms with Gasteiger partial charge in [0.15, 0.2) is 0 Å².